The fourth-order valence-corrected chi connectivity index (χ4v) is 1.75. The summed E-state index contributed by atoms with van der Waals surface area (Å²) in [4.78, 5) is 22.4. The van der Waals surface area contributed by atoms with Crippen LogP contribution in [-0.2, 0) is 14.3 Å². The number of amides is 1. The van der Waals surface area contributed by atoms with Gasteiger partial charge in [0, 0.05) is 12.5 Å². The second kappa shape index (κ2) is 6.51. The topological polar surface area (TPSA) is 55.4 Å². The van der Waals surface area contributed by atoms with Crippen molar-refractivity contribution >= 4 is 11.9 Å². The van der Waals surface area contributed by atoms with Crippen molar-refractivity contribution in [2.24, 2.45) is 11.8 Å². The monoisotopic (exact) mass is 227 g/mol. The number of hydrogen-bond acceptors (Lipinski definition) is 3. The van der Waals surface area contributed by atoms with Crippen molar-refractivity contribution in [3.63, 3.8) is 0 Å². The van der Waals surface area contributed by atoms with E-state index in [1.54, 1.807) is 0 Å². The Morgan fingerprint density at radius 3 is 2.81 bits per heavy atom. The van der Waals surface area contributed by atoms with E-state index < -0.39 is 0 Å². The molecule has 0 aromatic heterocycles. The lowest BCUT2D eigenvalue weighted by Crippen LogP contribution is -2.19. The summed E-state index contributed by atoms with van der Waals surface area (Å²) in [5.41, 5.74) is 0. The van der Waals surface area contributed by atoms with E-state index in [1.807, 2.05) is 13.8 Å². The van der Waals surface area contributed by atoms with Crippen LogP contribution in [0.3, 0.4) is 0 Å². The summed E-state index contributed by atoms with van der Waals surface area (Å²) in [6, 6.07) is 0. The highest BCUT2D eigenvalue weighted by molar-refractivity contribution is 5.80. The number of rotatable bonds is 6. The molecule has 1 aliphatic heterocycles. The van der Waals surface area contributed by atoms with Gasteiger partial charge < -0.3 is 10.1 Å². The summed E-state index contributed by atoms with van der Waals surface area (Å²) in [6.45, 7) is 4.94. The number of ether oxygens (including phenoxy) is 1. The van der Waals surface area contributed by atoms with E-state index in [4.69, 9.17) is 4.74 Å². The molecule has 0 aromatic carbocycles. The van der Waals surface area contributed by atoms with Gasteiger partial charge in [-0.25, -0.2) is 0 Å². The highest BCUT2D eigenvalue weighted by Gasteiger charge is 2.22. The highest BCUT2D eigenvalue weighted by atomic mass is 16.5. The molecule has 0 aromatic rings. The second-order valence-electron chi connectivity index (χ2n) is 4.59. The van der Waals surface area contributed by atoms with Crippen LogP contribution in [0, 0.1) is 11.8 Å². The van der Waals surface area contributed by atoms with Gasteiger partial charge in [-0.05, 0) is 25.7 Å². The van der Waals surface area contributed by atoms with Gasteiger partial charge in [0.05, 0.1) is 12.5 Å². The van der Waals surface area contributed by atoms with E-state index in [9.17, 15) is 9.59 Å². The number of hydrogen-bond donors (Lipinski definition) is 1. The molecule has 1 fully saturated rings. The second-order valence-corrected chi connectivity index (χ2v) is 4.59. The summed E-state index contributed by atoms with van der Waals surface area (Å²) < 4.78 is 5.06. The molecule has 1 atom stereocenters. The van der Waals surface area contributed by atoms with E-state index in [0.717, 1.165) is 32.2 Å². The van der Waals surface area contributed by atoms with Crippen molar-refractivity contribution in [3.8, 4) is 0 Å². The van der Waals surface area contributed by atoms with E-state index in [1.165, 1.54) is 0 Å². The first-order chi connectivity index (χ1) is 7.61. The molecule has 0 saturated carbocycles. The molecule has 4 heteroatoms. The Balaban J connectivity index is 2.00. The van der Waals surface area contributed by atoms with E-state index in [0.29, 0.717) is 6.61 Å². The SMILES string of the molecule is CC(C)C(=O)OCCCC[C@H]1CCNC1=O. The third-order valence-electron chi connectivity index (χ3n) is 2.83. The third-order valence-corrected chi connectivity index (χ3v) is 2.83. The van der Waals surface area contributed by atoms with Crippen LogP contribution in [0.5, 0.6) is 0 Å². The Bertz CT molecular complexity index is 251. The Kier molecular flexibility index (Phi) is 5.29. The standard InChI is InChI=1S/C12H21NO3/c1-9(2)12(15)16-8-4-3-5-10-6-7-13-11(10)14/h9-10H,3-8H2,1-2H3,(H,13,14)/t10-/m0/s1. The molecule has 92 valence electrons. The average molecular weight is 227 g/mol. The maximum atomic E-state index is 11.2. The minimum Gasteiger partial charge on any atom is -0.465 e. The van der Waals surface area contributed by atoms with Gasteiger partial charge in [-0.1, -0.05) is 13.8 Å². The fraction of sp³-hybridized carbons (Fsp3) is 0.833. The lowest BCUT2D eigenvalue weighted by Gasteiger charge is -2.08. The van der Waals surface area contributed by atoms with Gasteiger partial charge >= 0.3 is 5.97 Å². The molecule has 0 unspecified atom stereocenters. The van der Waals surface area contributed by atoms with E-state index >= 15 is 0 Å². The van der Waals surface area contributed by atoms with Crippen molar-refractivity contribution in [2.45, 2.75) is 39.5 Å². The molecule has 1 N–H and O–H groups in total. The number of carbonyl (C=O) groups excluding carboxylic acids is 2. The molecule has 1 heterocycles. The summed E-state index contributed by atoms with van der Waals surface area (Å²) in [7, 11) is 0. The zero-order valence-electron chi connectivity index (χ0n) is 10.1. The lowest BCUT2D eigenvalue weighted by molar-refractivity contribution is -0.147. The van der Waals surface area contributed by atoms with E-state index in [2.05, 4.69) is 5.32 Å². The van der Waals surface area contributed by atoms with Gasteiger partial charge in [-0.15, -0.1) is 0 Å². The molecular formula is C12H21NO3. The van der Waals surface area contributed by atoms with Crippen molar-refractivity contribution in [2.75, 3.05) is 13.2 Å². The van der Waals surface area contributed by atoms with Crippen LogP contribution in [0.15, 0.2) is 0 Å². The zero-order valence-corrected chi connectivity index (χ0v) is 10.1. The number of unbranched alkanes of at least 4 members (excludes halogenated alkanes) is 1. The van der Waals surface area contributed by atoms with Crippen LogP contribution in [0.1, 0.15) is 39.5 Å². The van der Waals surface area contributed by atoms with Gasteiger partial charge in [0.2, 0.25) is 5.91 Å². The predicted octanol–water partition coefficient (Wildman–Crippen LogP) is 1.49. The molecule has 1 amide bonds. The summed E-state index contributed by atoms with van der Waals surface area (Å²) in [5, 5.41) is 2.82. The van der Waals surface area contributed by atoms with Crippen molar-refractivity contribution < 1.29 is 14.3 Å². The molecule has 1 rings (SSSR count). The van der Waals surface area contributed by atoms with E-state index in [-0.39, 0.29) is 23.7 Å². The predicted molar refractivity (Wildman–Crippen MR) is 60.8 cm³/mol. The molecule has 16 heavy (non-hydrogen) atoms. The molecule has 1 saturated heterocycles. The van der Waals surface area contributed by atoms with Crippen molar-refractivity contribution in [1.82, 2.24) is 5.32 Å². The minimum absolute atomic E-state index is 0.0550. The first kappa shape index (κ1) is 13.0. The maximum Gasteiger partial charge on any atom is 0.308 e. The van der Waals surface area contributed by atoms with Crippen molar-refractivity contribution in [3.05, 3.63) is 0 Å². The minimum atomic E-state index is -0.140. The Hall–Kier alpha value is -1.06. The number of esters is 1. The van der Waals surface area contributed by atoms with Crippen molar-refractivity contribution in [1.29, 1.82) is 0 Å². The Morgan fingerprint density at radius 1 is 1.50 bits per heavy atom. The lowest BCUT2D eigenvalue weighted by atomic mass is 10.0. The first-order valence-electron chi connectivity index (χ1n) is 6.05. The van der Waals surface area contributed by atoms with Gasteiger partial charge in [0.25, 0.3) is 0 Å². The van der Waals surface area contributed by atoms with Gasteiger partial charge in [0.1, 0.15) is 0 Å². The molecule has 0 aliphatic carbocycles. The first-order valence-corrected chi connectivity index (χ1v) is 6.05. The summed E-state index contributed by atoms with van der Waals surface area (Å²) >= 11 is 0. The molecule has 1 aliphatic rings. The van der Waals surface area contributed by atoms with Gasteiger partial charge in [-0.3, -0.25) is 9.59 Å². The van der Waals surface area contributed by atoms with Crippen LogP contribution in [0.2, 0.25) is 0 Å². The number of nitrogens with one attached hydrogen (secondary N) is 1. The van der Waals surface area contributed by atoms with Crippen LogP contribution < -0.4 is 5.32 Å². The Morgan fingerprint density at radius 2 is 2.25 bits per heavy atom. The average Bonchev–Trinajstić information content (AvgIpc) is 2.63. The summed E-state index contributed by atoms with van der Waals surface area (Å²) in [5.74, 6) is 0.166. The van der Waals surface area contributed by atoms with Gasteiger partial charge in [0.15, 0.2) is 0 Å². The van der Waals surface area contributed by atoms with Crippen LogP contribution in [0.25, 0.3) is 0 Å². The fourth-order valence-electron chi connectivity index (χ4n) is 1.75. The van der Waals surface area contributed by atoms with Crippen LogP contribution in [0.4, 0.5) is 0 Å². The van der Waals surface area contributed by atoms with Crippen LogP contribution >= 0.6 is 0 Å². The maximum absolute atomic E-state index is 11.2. The molecule has 4 nitrogen and oxygen atoms in total. The number of carbonyl (C=O) groups is 2. The summed E-state index contributed by atoms with van der Waals surface area (Å²) in [6.07, 6.45) is 3.65. The third kappa shape index (κ3) is 4.21. The molecule has 0 radical (unpaired) electrons. The molecule has 0 bridgehead atoms. The normalized spacial score (nSPS) is 19.9. The highest BCUT2D eigenvalue weighted by Crippen LogP contribution is 2.16. The molecule has 0 spiro atoms. The smallest absolute Gasteiger partial charge is 0.308 e. The van der Waals surface area contributed by atoms with Crippen LogP contribution in [-0.4, -0.2) is 25.0 Å². The Labute approximate surface area is 96.7 Å². The zero-order chi connectivity index (χ0) is 12.0. The molecular weight excluding hydrogens is 206 g/mol. The quantitative estimate of drug-likeness (QED) is 0.552. The largest absolute Gasteiger partial charge is 0.465 e. The van der Waals surface area contributed by atoms with Gasteiger partial charge in [-0.2, -0.15) is 0 Å².